The van der Waals surface area contributed by atoms with E-state index >= 15 is 0 Å². The molecule has 0 spiro atoms. The van der Waals surface area contributed by atoms with Crippen molar-refractivity contribution < 1.29 is 4.74 Å². The summed E-state index contributed by atoms with van der Waals surface area (Å²) < 4.78 is 4.55. The van der Waals surface area contributed by atoms with Crippen molar-refractivity contribution >= 4 is 0 Å². The molecule has 1 nitrogen and oxygen atoms in total. The molecule has 0 unspecified atom stereocenters. The molecular weight excluding hydrogens is 232 g/mol. The lowest BCUT2D eigenvalue weighted by Crippen LogP contribution is -1.80. The lowest BCUT2D eigenvalue weighted by atomic mass is 10.1. The van der Waals surface area contributed by atoms with Crippen LogP contribution < -0.4 is 0 Å². The summed E-state index contributed by atoms with van der Waals surface area (Å²) in [7, 11) is 3.25. The molecule has 0 aromatic heterocycles. The zero-order valence-corrected chi connectivity index (χ0v) is 12.7. The predicted octanol–water partition coefficient (Wildman–Crippen LogP) is 6.34. The monoisotopic (exact) mass is 263 g/mol. The molecule has 109 valence electrons. The van der Waals surface area contributed by atoms with Crippen molar-refractivity contribution in [3.8, 4) is 0 Å². The Bertz CT molecular complexity index is 238. The van der Waals surface area contributed by atoms with Crippen molar-refractivity contribution in [3.05, 3.63) is 43.8 Å². The molecule has 0 amide bonds. The summed E-state index contributed by atoms with van der Waals surface area (Å²) in [4.78, 5) is 0. The maximum absolute atomic E-state index is 4.55. The summed E-state index contributed by atoms with van der Waals surface area (Å²) in [5.41, 5.74) is 0. The molecule has 0 atom stereocenters. The Morgan fingerprint density at radius 2 is 1.32 bits per heavy atom. The molecular formula is C18H31O. The van der Waals surface area contributed by atoms with Crippen molar-refractivity contribution in [1.29, 1.82) is 0 Å². The van der Waals surface area contributed by atoms with Crippen LogP contribution in [0.1, 0.15) is 71.1 Å². The molecule has 0 heterocycles. The van der Waals surface area contributed by atoms with Gasteiger partial charge in [-0.1, -0.05) is 82.6 Å². The number of ether oxygens (including phenoxy) is 1. The molecule has 0 aliphatic rings. The van der Waals surface area contributed by atoms with Crippen LogP contribution in [0.3, 0.4) is 0 Å². The van der Waals surface area contributed by atoms with E-state index in [-0.39, 0.29) is 0 Å². The van der Waals surface area contributed by atoms with Gasteiger partial charge in [0.1, 0.15) is 7.11 Å². The van der Waals surface area contributed by atoms with Gasteiger partial charge >= 0.3 is 0 Å². The van der Waals surface area contributed by atoms with E-state index in [0.717, 1.165) is 0 Å². The van der Waals surface area contributed by atoms with Gasteiger partial charge in [0.2, 0.25) is 0 Å². The fourth-order valence-corrected chi connectivity index (χ4v) is 1.98. The molecule has 0 aromatic rings. The zero-order valence-electron chi connectivity index (χ0n) is 12.7. The van der Waals surface area contributed by atoms with Gasteiger partial charge in [0.25, 0.3) is 0 Å². The minimum Gasteiger partial charge on any atom is -0.498 e. The first kappa shape index (κ1) is 18.0. The first-order chi connectivity index (χ1) is 9.41. The fraction of sp³-hybridized carbons (Fsp3) is 0.611. The van der Waals surface area contributed by atoms with Crippen LogP contribution in [0.25, 0.3) is 0 Å². The highest BCUT2D eigenvalue weighted by Crippen LogP contribution is 2.10. The fourth-order valence-electron chi connectivity index (χ4n) is 1.98. The lowest BCUT2D eigenvalue weighted by molar-refractivity contribution is 0.394. The second kappa shape index (κ2) is 17.0. The van der Waals surface area contributed by atoms with Crippen molar-refractivity contribution in [2.75, 3.05) is 0 Å². The largest absolute Gasteiger partial charge is 0.498 e. The van der Waals surface area contributed by atoms with Crippen molar-refractivity contribution in [1.82, 2.24) is 0 Å². The summed E-state index contributed by atoms with van der Waals surface area (Å²) in [6.45, 7) is 2.27. The van der Waals surface area contributed by atoms with Crippen LogP contribution in [0.15, 0.2) is 36.6 Å². The molecule has 0 bridgehead atoms. The SMILES string of the molecule is [CH2]O/C=C/C=C/C=C/CCCCCCCCCCC. The molecule has 0 rings (SSSR count). The van der Waals surface area contributed by atoms with Gasteiger partial charge in [-0.2, -0.15) is 0 Å². The average molecular weight is 263 g/mol. The average Bonchev–Trinajstić information content (AvgIpc) is 2.43. The van der Waals surface area contributed by atoms with Crippen LogP contribution in [0.4, 0.5) is 0 Å². The second-order valence-electron chi connectivity index (χ2n) is 4.93. The van der Waals surface area contributed by atoms with Gasteiger partial charge in [0.15, 0.2) is 0 Å². The molecule has 0 aliphatic heterocycles. The van der Waals surface area contributed by atoms with Gasteiger partial charge in [-0.05, 0) is 18.9 Å². The molecule has 0 N–H and O–H groups in total. The summed E-state index contributed by atoms with van der Waals surface area (Å²) in [6, 6.07) is 0. The van der Waals surface area contributed by atoms with Crippen molar-refractivity contribution in [2.45, 2.75) is 71.1 Å². The molecule has 19 heavy (non-hydrogen) atoms. The number of hydrogen-bond acceptors (Lipinski definition) is 1. The molecule has 0 aliphatic carbocycles. The van der Waals surface area contributed by atoms with Crippen molar-refractivity contribution in [2.24, 2.45) is 0 Å². The summed E-state index contributed by atoms with van der Waals surface area (Å²) >= 11 is 0. The highest BCUT2D eigenvalue weighted by atomic mass is 16.5. The standard InChI is InChI=1S/C18H31O/c1-3-4-5-6-7-8-9-10-11-12-13-14-15-16-17-18-19-2/h13-18H,2-12H2,1H3/b14-13+,16-15+,18-17+. The normalized spacial score (nSPS) is 12.1. The number of rotatable bonds is 13. The Labute approximate surface area is 120 Å². The first-order valence-corrected chi connectivity index (χ1v) is 7.81. The first-order valence-electron chi connectivity index (χ1n) is 7.81. The molecule has 0 saturated carbocycles. The van der Waals surface area contributed by atoms with E-state index in [9.17, 15) is 0 Å². The number of unbranched alkanes of at least 4 members (excludes halogenated alkanes) is 9. The third-order valence-electron chi connectivity index (χ3n) is 3.12. The van der Waals surface area contributed by atoms with E-state index in [1.165, 1.54) is 64.2 Å². The van der Waals surface area contributed by atoms with Gasteiger partial charge in [-0.3, -0.25) is 0 Å². The Morgan fingerprint density at radius 3 is 1.95 bits per heavy atom. The molecule has 1 radical (unpaired) electrons. The Hall–Kier alpha value is -0.980. The highest BCUT2D eigenvalue weighted by Gasteiger charge is 1.90. The van der Waals surface area contributed by atoms with E-state index in [4.69, 9.17) is 0 Å². The number of allylic oxidation sites excluding steroid dienone is 5. The zero-order chi connectivity index (χ0) is 14.0. The summed E-state index contributed by atoms with van der Waals surface area (Å²) in [5.74, 6) is 0. The second-order valence-corrected chi connectivity index (χ2v) is 4.93. The highest BCUT2D eigenvalue weighted by molar-refractivity contribution is 5.09. The Balaban J connectivity index is 3.16. The van der Waals surface area contributed by atoms with Gasteiger partial charge in [0, 0.05) is 0 Å². The van der Waals surface area contributed by atoms with E-state index in [2.05, 4.69) is 30.9 Å². The Morgan fingerprint density at radius 1 is 0.737 bits per heavy atom. The third-order valence-corrected chi connectivity index (χ3v) is 3.12. The molecule has 0 fully saturated rings. The van der Waals surface area contributed by atoms with Crippen LogP contribution in [0.5, 0.6) is 0 Å². The minimum atomic E-state index is 1.19. The van der Waals surface area contributed by atoms with Crippen LogP contribution in [-0.4, -0.2) is 0 Å². The van der Waals surface area contributed by atoms with E-state index < -0.39 is 0 Å². The molecule has 0 saturated heterocycles. The summed E-state index contributed by atoms with van der Waals surface area (Å²) in [5, 5.41) is 0. The van der Waals surface area contributed by atoms with Crippen LogP contribution in [-0.2, 0) is 4.74 Å². The topological polar surface area (TPSA) is 9.23 Å². The van der Waals surface area contributed by atoms with Crippen molar-refractivity contribution in [3.63, 3.8) is 0 Å². The lowest BCUT2D eigenvalue weighted by Gasteiger charge is -2.00. The minimum absolute atomic E-state index is 1.19. The molecule has 1 heteroatoms. The van der Waals surface area contributed by atoms with Crippen LogP contribution in [0, 0.1) is 7.11 Å². The predicted molar refractivity (Wildman–Crippen MR) is 85.7 cm³/mol. The van der Waals surface area contributed by atoms with Crippen LogP contribution >= 0.6 is 0 Å². The van der Waals surface area contributed by atoms with Crippen LogP contribution in [0.2, 0.25) is 0 Å². The van der Waals surface area contributed by atoms with E-state index in [1.54, 1.807) is 6.26 Å². The smallest absolute Gasteiger partial charge is 0.121 e. The van der Waals surface area contributed by atoms with E-state index in [0.29, 0.717) is 0 Å². The van der Waals surface area contributed by atoms with Gasteiger partial charge in [-0.15, -0.1) is 0 Å². The third kappa shape index (κ3) is 17.0. The van der Waals surface area contributed by atoms with E-state index in [1.807, 2.05) is 18.2 Å². The maximum atomic E-state index is 4.55. The quantitative estimate of drug-likeness (QED) is 0.214. The molecule has 0 aromatic carbocycles. The van der Waals surface area contributed by atoms with Gasteiger partial charge < -0.3 is 4.74 Å². The van der Waals surface area contributed by atoms with Gasteiger partial charge in [0.05, 0.1) is 6.26 Å². The summed E-state index contributed by atoms with van der Waals surface area (Å²) in [6.07, 6.45) is 25.4. The van der Waals surface area contributed by atoms with Gasteiger partial charge in [-0.25, -0.2) is 0 Å². The number of hydrogen-bond donors (Lipinski definition) is 0. The Kier molecular flexibility index (Phi) is 16.1. The maximum Gasteiger partial charge on any atom is 0.121 e.